The molecular weight excluding hydrogens is 346 g/mol. The maximum atomic E-state index is 12.6. The Labute approximate surface area is 169 Å². The molecule has 0 aromatic heterocycles. The lowest BCUT2D eigenvalue weighted by Crippen LogP contribution is -2.60. The highest BCUT2D eigenvalue weighted by atomic mass is 16.2. The lowest BCUT2D eigenvalue weighted by atomic mass is 9.54. The summed E-state index contributed by atoms with van der Waals surface area (Å²) in [5.74, 6) is 4.16. The lowest BCUT2D eigenvalue weighted by molar-refractivity contribution is -0.118. The van der Waals surface area contributed by atoms with Gasteiger partial charge in [0, 0.05) is 37.9 Å². The van der Waals surface area contributed by atoms with E-state index in [4.69, 9.17) is 0 Å². The summed E-state index contributed by atoms with van der Waals surface area (Å²) in [6.07, 6.45) is 7.52. The van der Waals surface area contributed by atoms with Crippen LogP contribution in [0.15, 0.2) is 18.2 Å². The molecule has 152 valence electrons. The third kappa shape index (κ3) is 3.61. The van der Waals surface area contributed by atoms with E-state index in [0.29, 0.717) is 6.54 Å². The van der Waals surface area contributed by atoms with Gasteiger partial charge in [-0.3, -0.25) is 14.6 Å². The van der Waals surface area contributed by atoms with Crippen molar-refractivity contribution in [2.75, 3.05) is 38.0 Å². The average molecular weight is 382 g/mol. The number of nitrogens with one attached hydrogen (secondary N) is 1. The zero-order valence-electron chi connectivity index (χ0n) is 17.5. The molecule has 1 amide bonds. The molecule has 1 N–H and O–H groups in total. The molecule has 0 spiro atoms. The van der Waals surface area contributed by atoms with Crippen molar-refractivity contribution in [1.29, 1.82) is 0 Å². The molecule has 4 bridgehead atoms. The van der Waals surface area contributed by atoms with E-state index in [1.165, 1.54) is 37.7 Å². The van der Waals surface area contributed by atoms with Crippen molar-refractivity contribution in [2.45, 2.75) is 52.0 Å². The monoisotopic (exact) mass is 381 g/mol. The number of carbonyl (C=O) groups is 1. The number of anilines is 1. The van der Waals surface area contributed by atoms with Gasteiger partial charge < -0.3 is 5.32 Å². The fourth-order valence-electron chi connectivity index (χ4n) is 6.98. The Kier molecular flexibility index (Phi) is 4.96. The molecule has 0 radical (unpaired) electrons. The summed E-state index contributed by atoms with van der Waals surface area (Å²) in [5.41, 5.74) is 3.27. The maximum Gasteiger partial charge on any atom is 0.238 e. The summed E-state index contributed by atoms with van der Waals surface area (Å²) in [4.78, 5) is 17.7. The van der Waals surface area contributed by atoms with Crippen LogP contribution in [0.3, 0.4) is 0 Å². The van der Waals surface area contributed by atoms with Crippen LogP contribution in [0, 0.1) is 37.5 Å². The molecule has 4 saturated carbocycles. The third-order valence-electron chi connectivity index (χ3n) is 8.04. The molecule has 5 fully saturated rings. The Morgan fingerprint density at radius 1 is 0.964 bits per heavy atom. The standard InChI is InChI=1S/C24H35N3O/c1-16-3-4-17(2)22(9-16)25-23(28)15-26-5-7-27(8-6-26)24-20-11-18-10-19(13-20)14-21(24)12-18/h3-4,9,18-21,24H,5-8,10-15H2,1-2H3,(H,25,28). The molecule has 1 aromatic carbocycles. The number of piperazine rings is 1. The van der Waals surface area contributed by atoms with Gasteiger partial charge in [0.25, 0.3) is 0 Å². The van der Waals surface area contributed by atoms with E-state index < -0.39 is 0 Å². The summed E-state index contributed by atoms with van der Waals surface area (Å²) in [6.45, 7) is 8.99. The van der Waals surface area contributed by atoms with Crippen LogP contribution < -0.4 is 5.32 Å². The summed E-state index contributed by atoms with van der Waals surface area (Å²) in [5, 5.41) is 3.12. The van der Waals surface area contributed by atoms with E-state index >= 15 is 0 Å². The predicted octanol–water partition coefficient (Wildman–Crippen LogP) is 3.68. The highest BCUT2D eigenvalue weighted by Crippen LogP contribution is 2.55. The fourth-order valence-corrected chi connectivity index (χ4v) is 6.98. The number of hydrogen-bond acceptors (Lipinski definition) is 3. The SMILES string of the molecule is Cc1ccc(C)c(NC(=O)CN2CCN(C3C4CC5CC(C4)CC3C5)CC2)c1. The van der Waals surface area contributed by atoms with Gasteiger partial charge in [0.1, 0.15) is 0 Å². The van der Waals surface area contributed by atoms with Gasteiger partial charge in [0.15, 0.2) is 0 Å². The molecule has 1 saturated heterocycles. The smallest absolute Gasteiger partial charge is 0.238 e. The highest BCUT2D eigenvalue weighted by Gasteiger charge is 2.50. The van der Waals surface area contributed by atoms with Crippen LogP contribution in [0.25, 0.3) is 0 Å². The van der Waals surface area contributed by atoms with Crippen LogP contribution in [0.5, 0.6) is 0 Å². The second-order valence-corrected chi connectivity index (χ2v) is 10.1. The van der Waals surface area contributed by atoms with E-state index in [0.717, 1.165) is 67.1 Å². The largest absolute Gasteiger partial charge is 0.325 e. The summed E-state index contributed by atoms with van der Waals surface area (Å²) in [7, 11) is 0. The van der Waals surface area contributed by atoms with Crippen molar-refractivity contribution >= 4 is 11.6 Å². The van der Waals surface area contributed by atoms with E-state index in [9.17, 15) is 4.79 Å². The van der Waals surface area contributed by atoms with Crippen molar-refractivity contribution in [2.24, 2.45) is 23.7 Å². The maximum absolute atomic E-state index is 12.6. The average Bonchev–Trinajstić information content (AvgIpc) is 2.65. The Morgan fingerprint density at radius 3 is 2.25 bits per heavy atom. The van der Waals surface area contributed by atoms with Crippen LogP contribution >= 0.6 is 0 Å². The molecule has 1 heterocycles. The van der Waals surface area contributed by atoms with Crippen LogP contribution in [-0.2, 0) is 4.79 Å². The Bertz CT molecular complexity index is 709. The molecule has 0 atom stereocenters. The number of aryl methyl sites for hydroxylation is 2. The minimum absolute atomic E-state index is 0.122. The van der Waals surface area contributed by atoms with Gasteiger partial charge in [-0.05, 0) is 86.8 Å². The second kappa shape index (κ2) is 7.46. The molecule has 4 nitrogen and oxygen atoms in total. The highest BCUT2D eigenvalue weighted by molar-refractivity contribution is 5.93. The van der Waals surface area contributed by atoms with E-state index in [-0.39, 0.29) is 5.91 Å². The molecule has 4 heteroatoms. The van der Waals surface area contributed by atoms with Crippen molar-refractivity contribution in [3.8, 4) is 0 Å². The molecule has 0 unspecified atom stereocenters. The summed E-state index contributed by atoms with van der Waals surface area (Å²) >= 11 is 0. The minimum Gasteiger partial charge on any atom is -0.325 e. The molecule has 28 heavy (non-hydrogen) atoms. The first kappa shape index (κ1) is 18.6. The summed E-state index contributed by atoms with van der Waals surface area (Å²) < 4.78 is 0. The minimum atomic E-state index is 0.122. The van der Waals surface area contributed by atoms with Crippen molar-refractivity contribution in [3.63, 3.8) is 0 Å². The Balaban J connectivity index is 1.13. The molecule has 5 aliphatic rings. The third-order valence-corrected chi connectivity index (χ3v) is 8.04. The first-order chi connectivity index (χ1) is 13.5. The molecule has 1 aliphatic heterocycles. The van der Waals surface area contributed by atoms with Gasteiger partial charge in [0.2, 0.25) is 5.91 Å². The normalized spacial score (nSPS) is 35.3. The first-order valence-corrected chi connectivity index (χ1v) is 11.4. The summed E-state index contributed by atoms with van der Waals surface area (Å²) in [6, 6.07) is 7.08. The molecule has 4 aliphatic carbocycles. The molecule has 6 rings (SSSR count). The predicted molar refractivity (Wildman–Crippen MR) is 113 cm³/mol. The van der Waals surface area contributed by atoms with Crippen LogP contribution in [0.2, 0.25) is 0 Å². The van der Waals surface area contributed by atoms with Gasteiger partial charge in [-0.25, -0.2) is 0 Å². The van der Waals surface area contributed by atoms with Crippen LogP contribution in [0.4, 0.5) is 5.69 Å². The topological polar surface area (TPSA) is 35.6 Å². The zero-order valence-corrected chi connectivity index (χ0v) is 17.5. The van der Waals surface area contributed by atoms with Crippen LogP contribution in [0.1, 0.15) is 43.2 Å². The van der Waals surface area contributed by atoms with E-state index in [1.54, 1.807) is 0 Å². The first-order valence-electron chi connectivity index (χ1n) is 11.4. The lowest BCUT2D eigenvalue weighted by Gasteiger charge is -2.58. The van der Waals surface area contributed by atoms with Gasteiger partial charge in [-0.2, -0.15) is 0 Å². The number of amides is 1. The number of nitrogens with zero attached hydrogens (tertiary/aromatic N) is 2. The van der Waals surface area contributed by atoms with Crippen LogP contribution in [-0.4, -0.2) is 54.5 Å². The molecule has 1 aromatic rings. The van der Waals surface area contributed by atoms with E-state index in [1.807, 2.05) is 0 Å². The van der Waals surface area contributed by atoms with Crippen molar-refractivity contribution in [1.82, 2.24) is 9.80 Å². The number of carbonyl (C=O) groups excluding carboxylic acids is 1. The second-order valence-electron chi connectivity index (χ2n) is 10.1. The van der Waals surface area contributed by atoms with Gasteiger partial charge >= 0.3 is 0 Å². The van der Waals surface area contributed by atoms with E-state index in [2.05, 4.69) is 47.2 Å². The zero-order chi connectivity index (χ0) is 19.3. The van der Waals surface area contributed by atoms with Gasteiger partial charge in [-0.15, -0.1) is 0 Å². The van der Waals surface area contributed by atoms with Gasteiger partial charge in [0.05, 0.1) is 6.54 Å². The van der Waals surface area contributed by atoms with Crippen molar-refractivity contribution < 1.29 is 4.79 Å². The Morgan fingerprint density at radius 2 is 1.61 bits per heavy atom. The van der Waals surface area contributed by atoms with Crippen molar-refractivity contribution in [3.05, 3.63) is 29.3 Å². The molecular formula is C24H35N3O. The number of rotatable bonds is 4. The quantitative estimate of drug-likeness (QED) is 0.864. The fraction of sp³-hybridized carbons (Fsp3) is 0.708. The number of hydrogen-bond donors (Lipinski definition) is 1. The number of benzene rings is 1. The Hall–Kier alpha value is -1.39. The van der Waals surface area contributed by atoms with Gasteiger partial charge in [-0.1, -0.05) is 12.1 Å².